The van der Waals surface area contributed by atoms with E-state index >= 15 is 0 Å². The molecule has 1 amide bonds. The van der Waals surface area contributed by atoms with Gasteiger partial charge in [0, 0.05) is 36.9 Å². The average Bonchev–Trinajstić information content (AvgIpc) is 3.14. The highest BCUT2D eigenvalue weighted by Gasteiger charge is 2.14. The molecule has 0 fully saturated rings. The van der Waals surface area contributed by atoms with Gasteiger partial charge in [0.15, 0.2) is 0 Å². The Morgan fingerprint density at radius 2 is 2.12 bits per heavy atom. The number of nitrogens with one attached hydrogen (secondary N) is 1. The minimum Gasteiger partial charge on any atom is -0.496 e. The SMILES string of the molecule is COc1ccncc1CNC(=O)c1cc(C)ccc1-n1ccnc1. The molecular formula is C18H18N4O2. The second-order valence-electron chi connectivity index (χ2n) is 5.36. The van der Waals surface area contributed by atoms with Gasteiger partial charge in [0.05, 0.1) is 24.7 Å². The molecule has 0 aliphatic heterocycles. The number of amides is 1. The van der Waals surface area contributed by atoms with Crippen LogP contribution in [0.25, 0.3) is 5.69 Å². The quantitative estimate of drug-likeness (QED) is 0.783. The summed E-state index contributed by atoms with van der Waals surface area (Å²) in [4.78, 5) is 20.8. The summed E-state index contributed by atoms with van der Waals surface area (Å²) in [6.07, 6.45) is 8.51. The van der Waals surface area contributed by atoms with Crippen molar-refractivity contribution >= 4 is 5.91 Å². The molecule has 0 bridgehead atoms. The lowest BCUT2D eigenvalue weighted by molar-refractivity contribution is 0.0950. The van der Waals surface area contributed by atoms with Gasteiger partial charge < -0.3 is 14.6 Å². The first kappa shape index (κ1) is 15.7. The van der Waals surface area contributed by atoms with E-state index in [1.165, 1.54) is 0 Å². The molecule has 0 saturated carbocycles. The van der Waals surface area contributed by atoms with Gasteiger partial charge >= 0.3 is 0 Å². The lowest BCUT2D eigenvalue weighted by atomic mass is 10.1. The van der Waals surface area contributed by atoms with Gasteiger partial charge in [-0.2, -0.15) is 0 Å². The lowest BCUT2D eigenvalue weighted by Gasteiger charge is -2.13. The monoisotopic (exact) mass is 322 g/mol. The molecule has 0 radical (unpaired) electrons. The number of carbonyl (C=O) groups excluding carboxylic acids is 1. The molecule has 3 aromatic rings. The molecule has 1 aromatic carbocycles. The number of benzene rings is 1. The lowest BCUT2D eigenvalue weighted by Crippen LogP contribution is -2.24. The van der Waals surface area contributed by atoms with Gasteiger partial charge in [0.2, 0.25) is 0 Å². The van der Waals surface area contributed by atoms with E-state index in [1.54, 1.807) is 38.1 Å². The van der Waals surface area contributed by atoms with Crippen LogP contribution in [0.1, 0.15) is 21.5 Å². The van der Waals surface area contributed by atoms with Gasteiger partial charge in [-0.05, 0) is 25.1 Å². The third kappa shape index (κ3) is 3.27. The van der Waals surface area contributed by atoms with Crippen LogP contribution in [0.15, 0.2) is 55.4 Å². The van der Waals surface area contributed by atoms with E-state index in [1.807, 2.05) is 35.9 Å². The summed E-state index contributed by atoms with van der Waals surface area (Å²) >= 11 is 0. The van der Waals surface area contributed by atoms with E-state index in [9.17, 15) is 4.79 Å². The smallest absolute Gasteiger partial charge is 0.253 e. The Morgan fingerprint density at radius 1 is 1.25 bits per heavy atom. The Kier molecular flexibility index (Phi) is 4.56. The van der Waals surface area contributed by atoms with Crippen molar-refractivity contribution in [1.29, 1.82) is 0 Å². The number of rotatable bonds is 5. The molecule has 2 aromatic heterocycles. The summed E-state index contributed by atoms with van der Waals surface area (Å²) in [6, 6.07) is 7.52. The third-order valence-electron chi connectivity index (χ3n) is 3.70. The number of methoxy groups -OCH3 is 1. The van der Waals surface area contributed by atoms with E-state index in [0.29, 0.717) is 17.9 Å². The number of aromatic nitrogens is 3. The van der Waals surface area contributed by atoms with Crippen LogP contribution in [0.2, 0.25) is 0 Å². The van der Waals surface area contributed by atoms with E-state index < -0.39 is 0 Å². The van der Waals surface area contributed by atoms with E-state index in [4.69, 9.17) is 4.74 Å². The molecule has 2 heterocycles. The zero-order valence-electron chi connectivity index (χ0n) is 13.6. The maximum Gasteiger partial charge on any atom is 0.253 e. The Bertz CT molecular complexity index is 844. The molecule has 0 unspecified atom stereocenters. The van der Waals surface area contributed by atoms with Crippen molar-refractivity contribution in [3.8, 4) is 11.4 Å². The molecule has 0 atom stereocenters. The predicted octanol–water partition coefficient (Wildman–Crippen LogP) is 2.51. The minimum atomic E-state index is -0.159. The molecule has 3 rings (SSSR count). The molecule has 0 saturated heterocycles. The second kappa shape index (κ2) is 6.95. The third-order valence-corrected chi connectivity index (χ3v) is 3.70. The van der Waals surface area contributed by atoms with Crippen LogP contribution in [0.3, 0.4) is 0 Å². The summed E-state index contributed by atoms with van der Waals surface area (Å²) in [7, 11) is 1.60. The number of pyridine rings is 1. The first-order chi connectivity index (χ1) is 11.7. The number of carbonyl (C=O) groups is 1. The first-order valence-electron chi connectivity index (χ1n) is 7.53. The van der Waals surface area contributed by atoms with Crippen LogP contribution >= 0.6 is 0 Å². The Balaban J connectivity index is 1.84. The van der Waals surface area contributed by atoms with Crippen LogP contribution in [0, 0.1) is 6.92 Å². The topological polar surface area (TPSA) is 69.0 Å². The summed E-state index contributed by atoms with van der Waals surface area (Å²) in [6.45, 7) is 2.30. The van der Waals surface area contributed by atoms with Gasteiger partial charge in [-0.1, -0.05) is 11.6 Å². The average molecular weight is 322 g/mol. The van der Waals surface area contributed by atoms with Crippen molar-refractivity contribution in [2.45, 2.75) is 13.5 Å². The standard InChI is InChI=1S/C18H18N4O2/c1-13-3-4-16(22-8-7-20-12-22)15(9-13)18(23)21-11-14-10-19-6-5-17(14)24-2/h3-10,12H,11H2,1-2H3,(H,21,23). The molecule has 0 aliphatic carbocycles. The first-order valence-corrected chi connectivity index (χ1v) is 7.53. The molecule has 0 aliphatic rings. The van der Waals surface area contributed by atoms with Gasteiger partial charge in [-0.15, -0.1) is 0 Å². The van der Waals surface area contributed by atoms with Gasteiger partial charge in [0.25, 0.3) is 5.91 Å². The Labute approximate surface area is 140 Å². The summed E-state index contributed by atoms with van der Waals surface area (Å²) in [5, 5.41) is 2.93. The molecule has 6 nitrogen and oxygen atoms in total. The molecular weight excluding hydrogens is 304 g/mol. The summed E-state index contributed by atoms with van der Waals surface area (Å²) in [5.74, 6) is 0.540. The number of ether oxygens (including phenoxy) is 1. The number of hydrogen-bond donors (Lipinski definition) is 1. The Hall–Kier alpha value is -3.15. The fourth-order valence-electron chi connectivity index (χ4n) is 2.48. The highest BCUT2D eigenvalue weighted by atomic mass is 16.5. The van der Waals surface area contributed by atoms with Crippen molar-refractivity contribution in [2.75, 3.05) is 7.11 Å². The van der Waals surface area contributed by atoms with Crippen molar-refractivity contribution in [1.82, 2.24) is 19.9 Å². The van der Waals surface area contributed by atoms with Crippen LogP contribution in [0.4, 0.5) is 0 Å². The summed E-state index contributed by atoms with van der Waals surface area (Å²) < 4.78 is 7.10. The fourth-order valence-corrected chi connectivity index (χ4v) is 2.48. The predicted molar refractivity (Wildman–Crippen MR) is 90.3 cm³/mol. The zero-order chi connectivity index (χ0) is 16.9. The largest absolute Gasteiger partial charge is 0.496 e. The minimum absolute atomic E-state index is 0.159. The molecule has 6 heteroatoms. The Morgan fingerprint density at radius 3 is 2.88 bits per heavy atom. The fraction of sp³-hybridized carbons (Fsp3) is 0.167. The number of imidazole rings is 1. The maximum absolute atomic E-state index is 12.7. The zero-order valence-corrected chi connectivity index (χ0v) is 13.6. The number of nitrogens with zero attached hydrogens (tertiary/aromatic N) is 3. The molecule has 1 N–H and O–H groups in total. The molecule has 24 heavy (non-hydrogen) atoms. The van der Waals surface area contributed by atoms with Gasteiger partial charge in [-0.25, -0.2) is 4.98 Å². The van der Waals surface area contributed by atoms with Crippen molar-refractivity contribution in [3.63, 3.8) is 0 Å². The van der Waals surface area contributed by atoms with Crippen molar-refractivity contribution in [3.05, 3.63) is 72.1 Å². The van der Waals surface area contributed by atoms with Crippen LogP contribution < -0.4 is 10.1 Å². The van der Waals surface area contributed by atoms with E-state index in [-0.39, 0.29) is 5.91 Å². The highest BCUT2D eigenvalue weighted by Crippen LogP contribution is 2.18. The highest BCUT2D eigenvalue weighted by molar-refractivity contribution is 5.98. The van der Waals surface area contributed by atoms with Crippen LogP contribution in [-0.2, 0) is 6.54 Å². The summed E-state index contributed by atoms with van der Waals surface area (Å²) in [5.41, 5.74) is 3.22. The van der Waals surface area contributed by atoms with E-state index in [2.05, 4.69) is 15.3 Å². The van der Waals surface area contributed by atoms with Gasteiger partial charge in [0.1, 0.15) is 5.75 Å². The number of aryl methyl sites for hydroxylation is 1. The normalized spacial score (nSPS) is 10.4. The van der Waals surface area contributed by atoms with Crippen LogP contribution in [-0.4, -0.2) is 27.6 Å². The van der Waals surface area contributed by atoms with Crippen molar-refractivity contribution in [2.24, 2.45) is 0 Å². The van der Waals surface area contributed by atoms with E-state index in [0.717, 1.165) is 16.8 Å². The van der Waals surface area contributed by atoms with Gasteiger partial charge in [-0.3, -0.25) is 9.78 Å². The van der Waals surface area contributed by atoms with Crippen molar-refractivity contribution < 1.29 is 9.53 Å². The maximum atomic E-state index is 12.7. The number of hydrogen-bond acceptors (Lipinski definition) is 4. The van der Waals surface area contributed by atoms with Crippen LogP contribution in [0.5, 0.6) is 5.75 Å². The molecule has 0 spiro atoms. The molecule has 122 valence electrons. The second-order valence-corrected chi connectivity index (χ2v) is 5.36.